The second kappa shape index (κ2) is 4.91. The molecular weight excluding hydrogens is 258 g/mol. The predicted octanol–water partition coefficient (Wildman–Crippen LogP) is 2.14. The van der Waals surface area contributed by atoms with Gasteiger partial charge in [0.1, 0.15) is 0 Å². The molecule has 0 saturated carbocycles. The van der Waals surface area contributed by atoms with Crippen molar-refractivity contribution in [3.8, 4) is 0 Å². The zero-order chi connectivity index (χ0) is 11.5. The molecule has 0 aliphatic heterocycles. The van der Waals surface area contributed by atoms with Gasteiger partial charge in [0.05, 0.1) is 0 Å². The van der Waals surface area contributed by atoms with Gasteiger partial charge >= 0.3 is 96.0 Å². The van der Waals surface area contributed by atoms with Crippen LogP contribution in [-0.4, -0.2) is 26.4 Å². The van der Waals surface area contributed by atoms with Gasteiger partial charge in [0.2, 0.25) is 0 Å². The van der Waals surface area contributed by atoms with E-state index in [0.29, 0.717) is 0 Å². The third-order valence-electron chi connectivity index (χ3n) is 1.99. The molecule has 3 heteroatoms. The molecular formula is C12H15FOSe. The van der Waals surface area contributed by atoms with Crippen LogP contribution >= 0.6 is 0 Å². The average molecular weight is 273 g/mol. The van der Waals surface area contributed by atoms with Gasteiger partial charge in [-0.05, 0) is 0 Å². The maximum absolute atomic E-state index is 13.8. The van der Waals surface area contributed by atoms with E-state index in [9.17, 15) is 9.18 Å². The maximum atomic E-state index is 13.8. The van der Waals surface area contributed by atoms with Gasteiger partial charge in [-0.1, -0.05) is 0 Å². The Morgan fingerprint density at radius 2 is 1.87 bits per heavy atom. The molecule has 1 nitrogen and oxygen atoms in total. The Bertz CT molecular complexity index is 329. The molecule has 0 spiro atoms. The van der Waals surface area contributed by atoms with Crippen molar-refractivity contribution < 1.29 is 9.18 Å². The number of ketones is 1. The fraction of sp³-hybridized carbons (Fsp3) is 0.417. The summed E-state index contributed by atoms with van der Waals surface area (Å²) in [5.41, 5.74) is -1.43. The number of alkyl halides is 1. The molecule has 1 atom stereocenters. The molecule has 0 N–H and O–H groups in total. The summed E-state index contributed by atoms with van der Waals surface area (Å²) in [6, 6.07) is 9.64. The van der Waals surface area contributed by atoms with Gasteiger partial charge < -0.3 is 0 Å². The summed E-state index contributed by atoms with van der Waals surface area (Å²) in [4.78, 5) is 10.9. The van der Waals surface area contributed by atoms with Gasteiger partial charge in [-0.2, -0.15) is 0 Å². The van der Waals surface area contributed by atoms with E-state index in [2.05, 4.69) is 0 Å². The van der Waals surface area contributed by atoms with E-state index in [1.165, 1.54) is 20.8 Å². The molecule has 1 aromatic rings. The standard InChI is InChI=1S/C12H15FOSe/c1-9(14)11(12(2,3)13)15-10-7-5-4-6-8-10/h4-8,11H,1-3H3. The monoisotopic (exact) mass is 274 g/mol. The molecule has 0 bridgehead atoms. The van der Waals surface area contributed by atoms with Crippen molar-refractivity contribution in [2.45, 2.75) is 31.3 Å². The third-order valence-corrected chi connectivity index (χ3v) is 5.50. The second-order valence-electron chi connectivity index (χ2n) is 3.99. The SMILES string of the molecule is CC(=O)C([Se]c1ccccc1)C(C)(C)F. The van der Waals surface area contributed by atoms with E-state index < -0.39 is 10.5 Å². The van der Waals surface area contributed by atoms with Gasteiger partial charge in [0.25, 0.3) is 0 Å². The third kappa shape index (κ3) is 3.77. The molecule has 1 rings (SSSR count). The van der Waals surface area contributed by atoms with E-state index in [4.69, 9.17) is 0 Å². The van der Waals surface area contributed by atoms with Crippen LogP contribution in [0.2, 0.25) is 4.82 Å². The number of rotatable bonds is 4. The molecule has 1 aromatic carbocycles. The zero-order valence-electron chi connectivity index (χ0n) is 9.16. The van der Waals surface area contributed by atoms with Crippen molar-refractivity contribution in [3.63, 3.8) is 0 Å². The summed E-state index contributed by atoms with van der Waals surface area (Å²) < 4.78 is 14.9. The number of carbonyl (C=O) groups excluding carboxylic acids is 1. The fourth-order valence-corrected chi connectivity index (χ4v) is 3.51. The van der Waals surface area contributed by atoms with Gasteiger partial charge in [-0.25, -0.2) is 0 Å². The van der Waals surface area contributed by atoms with Crippen LogP contribution < -0.4 is 4.46 Å². The average Bonchev–Trinajstić information content (AvgIpc) is 2.13. The Morgan fingerprint density at radius 1 is 1.33 bits per heavy atom. The first-order valence-corrected chi connectivity index (χ1v) is 6.67. The molecule has 15 heavy (non-hydrogen) atoms. The summed E-state index contributed by atoms with van der Waals surface area (Å²) in [5, 5.41) is 0. The van der Waals surface area contributed by atoms with E-state index in [-0.39, 0.29) is 20.7 Å². The summed E-state index contributed by atoms with van der Waals surface area (Å²) in [7, 11) is 0. The molecule has 0 saturated heterocycles. The molecule has 0 aliphatic carbocycles. The Kier molecular flexibility index (Phi) is 4.06. The quantitative estimate of drug-likeness (QED) is 0.768. The number of carbonyl (C=O) groups is 1. The van der Waals surface area contributed by atoms with Gasteiger partial charge in [0, 0.05) is 0 Å². The Morgan fingerprint density at radius 3 is 2.27 bits per heavy atom. The Balaban J connectivity index is 2.82. The van der Waals surface area contributed by atoms with Crippen molar-refractivity contribution in [2.75, 3.05) is 0 Å². The van der Waals surface area contributed by atoms with E-state index in [0.717, 1.165) is 4.46 Å². The number of halogens is 1. The Hall–Kier alpha value is -0.661. The van der Waals surface area contributed by atoms with Crippen LogP contribution in [0.25, 0.3) is 0 Å². The van der Waals surface area contributed by atoms with Crippen LogP contribution in [0.4, 0.5) is 4.39 Å². The number of hydrogen-bond acceptors (Lipinski definition) is 1. The van der Waals surface area contributed by atoms with Gasteiger partial charge in [-0.15, -0.1) is 0 Å². The van der Waals surface area contributed by atoms with Crippen LogP contribution in [-0.2, 0) is 4.79 Å². The van der Waals surface area contributed by atoms with Crippen molar-refractivity contribution >= 4 is 25.2 Å². The number of benzene rings is 1. The van der Waals surface area contributed by atoms with Crippen LogP contribution in [0.15, 0.2) is 30.3 Å². The first-order valence-electron chi connectivity index (χ1n) is 4.82. The molecule has 0 heterocycles. The molecule has 0 aliphatic rings. The summed E-state index contributed by atoms with van der Waals surface area (Å²) >= 11 is -0.134. The van der Waals surface area contributed by atoms with Crippen LogP contribution in [0.5, 0.6) is 0 Å². The van der Waals surface area contributed by atoms with Crippen molar-refractivity contribution in [1.82, 2.24) is 0 Å². The van der Waals surface area contributed by atoms with E-state index in [1.807, 2.05) is 30.3 Å². The number of Topliss-reactive ketones (excluding diaryl/α,β-unsaturated/α-hetero) is 1. The normalized spacial score (nSPS) is 13.6. The van der Waals surface area contributed by atoms with E-state index in [1.54, 1.807) is 0 Å². The molecule has 0 aromatic heterocycles. The molecule has 0 amide bonds. The van der Waals surface area contributed by atoms with Gasteiger partial charge in [-0.3, -0.25) is 0 Å². The topological polar surface area (TPSA) is 17.1 Å². The van der Waals surface area contributed by atoms with Crippen LogP contribution in [0.1, 0.15) is 20.8 Å². The molecule has 1 unspecified atom stereocenters. The minimum atomic E-state index is -1.43. The van der Waals surface area contributed by atoms with Crippen molar-refractivity contribution in [2.24, 2.45) is 0 Å². The predicted molar refractivity (Wildman–Crippen MR) is 61.4 cm³/mol. The fourth-order valence-electron chi connectivity index (χ4n) is 1.34. The van der Waals surface area contributed by atoms with Crippen LogP contribution in [0.3, 0.4) is 0 Å². The molecule has 0 radical (unpaired) electrons. The Labute approximate surface area is 96.2 Å². The number of hydrogen-bond donors (Lipinski definition) is 0. The van der Waals surface area contributed by atoms with Crippen molar-refractivity contribution in [3.05, 3.63) is 30.3 Å². The van der Waals surface area contributed by atoms with E-state index >= 15 is 0 Å². The first-order chi connectivity index (χ1) is 6.91. The summed E-state index contributed by atoms with van der Waals surface area (Å²) in [6.45, 7) is 4.42. The summed E-state index contributed by atoms with van der Waals surface area (Å²) in [5.74, 6) is -0.0636. The summed E-state index contributed by atoms with van der Waals surface area (Å²) in [6.07, 6.45) is 0. The second-order valence-corrected chi connectivity index (χ2v) is 6.46. The minimum absolute atomic E-state index is 0.0636. The van der Waals surface area contributed by atoms with Gasteiger partial charge in [0.15, 0.2) is 0 Å². The zero-order valence-corrected chi connectivity index (χ0v) is 10.9. The van der Waals surface area contributed by atoms with Crippen molar-refractivity contribution in [1.29, 1.82) is 0 Å². The molecule has 82 valence electrons. The first kappa shape index (κ1) is 12.4. The van der Waals surface area contributed by atoms with Crippen LogP contribution in [0, 0.1) is 0 Å². The molecule has 0 fully saturated rings.